The van der Waals surface area contributed by atoms with E-state index in [4.69, 9.17) is 13.9 Å². The Kier molecular flexibility index (Phi) is 15.6. The Morgan fingerprint density at radius 2 is 0.731 bits per heavy atom. The zero-order valence-corrected chi connectivity index (χ0v) is 17.6. The summed E-state index contributed by atoms with van der Waals surface area (Å²) < 4.78 is 29.6. The van der Waals surface area contributed by atoms with E-state index in [2.05, 4.69) is 32.6 Å². The number of hydrazine groups is 6. The predicted octanol–water partition coefficient (Wildman–Crippen LogP) is -0.0577. The number of nitrogens with zero attached hydrogens (tertiary/aromatic N) is 3. The summed E-state index contributed by atoms with van der Waals surface area (Å²) in [6.45, 7) is 14.4. The summed E-state index contributed by atoms with van der Waals surface area (Å²) >= 11 is 0. The van der Waals surface area contributed by atoms with Crippen LogP contribution in [0, 0.1) is 0 Å². The molecular formula is C12H36N9O4P. The van der Waals surface area contributed by atoms with Crippen molar-refractivity contribution in [3.63, 3.8) is 0 Å². The maximum Gasteiger partial charge on any atom is 0.532 e. The van der Waals surface area contributed by atoms with Crippen LogP contribution in [0.4, 0.5) is 0 Å². The van der Waals surface area contributed by atoms with Crippen LogP contribution in [0.1, 0.15) is 41.5 Å². The minimum Gasteiger partial charge on any atom is -0.223 e. The highest BCUT2D eigenvalue weighted by Crippen LogP contribution is 2.50. The molecule has 0 radical (unpaired) electrons. The first-order chi connectivity index (χ1) is 12.5. The highest BCUT2D eigenvalue weighted by atomic mass is 31.2. The van der Waals surface area contributed by atoms with Crippen LogP contribution in [0.25, 0.3) is 0 Å². The van der Waals surface area contributed by atoms with Crippen LogP contribution < -0.4 is 32.6 Å². The normalized spacial score (nSPS) is 12.7. The van der Waals surface area contributed by atoms with Crippen LogP contribution in [-0.2, 0) is 18.4 Å². The highest BCUT2D eigenvalue weighted by molar-refractivity contribution is 7.48. The van der Waals surface area contributed by atoms with Crippen molar-refractivity contribution in [1.29, 1.82) is 0 Å². The molecule has 0 unspecified atom stereocenters. The van der Waals surface area contributed by atoms with Gasteiger partial charge in [-0.1, -0.05) is 41.5 Å². The maximum atomic E-state index is 13.3. The summed E-state index contributed by atoms with van der Waals surface area (Å²) in [5, 5.41) is 3.31. The minimum absolute atomic E-state index is 0.529. The predicted molar refractivity (Wildman–Crippen MR) is 98.4 cm³/mol. The Morgan fingerprint density at radius 1 is 0.538 bits per heavy atom. The van der Waals surface area contributed by atoms with Gasteiger partial charge in [0.05, 0.1) is 0 Å². The molecule has 0 saturated heterocycles. The van der Waals surface area contributed by atoms with Crippen LogP contribution in [0.3, 0.4) is 0 Å². The van der Waals surface area contributed by atoms with E-state index in [9.17, 15) is 4.57 Å². The van der Waals surface area contributed by atoms with Gasteiger partial charge in [-0.25, -0.2) is 37.1 Å². The molecule has 6 N–H and O–H groups in total. The molecule has 0 aliphatic heterocycles. The van der Waals surface area contributed by atoms with Crippen molar-refractivity contribution < 1.29 is 18.4 Å². The average molecular weight is 401 g/mol. The summed E-state index contributed by atoms with van der Waals surface area (Å²) in [5.74, 6) is 0. The second-order valence-electron chi connectivity index (χ2n) is 4.65. The lowest BCUT2D eigenvalue weighted by Gasteiger charge is -2.31. The van der Waals surface area contributed by atoms with E-state index in [1.54, 1.807) is 0 Å². The standard InChI is InChI=1S/C12H36N9O4P/c1-7-13-19(14-8-2)23-26(22,24-20(15-9-3)16-10-4)25-21(17-11-5)18-12-6/h13-18H,7-12H2,1-6H3. The molecule has 0 heterocycles. The van der Waals surface area contributed by atoms with Crippen molar-refractivity contribution in [2.24, 2.45) is 0 Å². The van der Waals surface area contributed by atoms with Crippen molar-refractivity contribution in [3.05, 3.63) is 0 Å². The van der Waals surface area contributed by atoms with Gasteiger partial charge < -0.3 is 0 Å². The van der Waals surface area contributed by atoms with Gasteiger partial charge in [0.2, 0.25) is 0 Å². The zero-order valence-electron chi connectivity index (χ0n) is 16.7. The van der Waals surface area contributed by atoms with Crippen LogP contribution in [-0.4, -0.2) is 55.1 Å². The van der Waals surface area contributed by atoms with Gasteiger partial charge in [-0.05, 0) is 15.8 Å². The molecule has 0 aromatic carbocycles. The van der Waals surface area contributed by atoms with Crippen molar-refractivity contribution in [2.75, 3.05) is 39.3 Å². The third-order valence-corrected chi connectivity index (χ3v) is 3.45. The highest BCUT2D eigenvalue weighted by Gasteiger charge is 2.37. The monoisotopic (exact) mass is 401 g/mol. The van der Waals surface area contributed by atoms with E-state index in [0.29, 0.717) is 39.3 Å². The molecule has 158 valence electrons. The Labute approximate surface area is 156 Å². The zero-order chi connectivity index (χ0) is 19.8. The molecule has 0 aromatic rings. The quantitative estimate of drug-likeness (QED) is 0.136. The molecule has 14 heteroatoms. The lowest BCUT2D eigenvalue weighted by molar-refractivity contribution is -0.256. The first kappa shape index (κ1) is 25.8. The molecule has 0 bridgehead atoms. The van der Waals surface area contributed by atoms with Crippen LogP contribution in [0.2, 0.25) is 0 Å². The van der Waals surface area contributed by atoms with Crippen LogP contribution in [0.15, 0.2) is 0 Å². The largest absolute Gasteiger partial charge is 0.532 e. The average Bonchev–Trinajstić information content (AvgIpc) is 2.56. The fourth-order valence-electron chi connectivity index (χ4n) is 1.55. The Balaban J connectivity index is 5.33. The fourth-order valence-corrected chi connectivity index (χ4v) is 2.58. The molecule has 0 amide bonds. The topological polar surface area (TPSA) is 127 Å². The lowest BCUT2D eigenvalue weighted by Crippen LogP contribution is -2.52. The van der Waals surface area contributed by atoms with Gasteiger partial charge in [0.15, 0.2) is 0 Å². The smallest absolute Gasteiger partial charge is 0.223 e. The molecule has 26 heavy (non-hydrogen) atoms. The van der Waals surface area contributed by atoms with Gasteiger partial charge in [0.1, 0.15) is 0 Å². The molecule has 0 rings (SSSR count). The number of rotatable bonds is 18. The van der Waals surface area contributed by atoms with Gasteiger partial charge >= 0.3 is 7.82 Å². The number of hydrogen-bond donors (Lipinski definition) is 6. The van der Waals surface area contributed by atoms with E-state index in [1.807, 2.05) is 41.5 Å². The molecule has 0 atom stereocenters. The Bertz CT molecular complexity index is 312. The SMILES string of the molecule is CCNN(NCC)OP(=O)(ON(NCC)NCC)ON(NCC)NCC. The summed E-state index contributed by atoms with van der Waals surface area (Å²) in [4.78, 5) is 0. The maximum absolute atomic E-state index is 13.3. The Hall–Kier alpha value is -0.250. The summed E-state index contributed by atoms with van der Waals surface area (Å²) in [6, 6.07) is 0. The van der Waals surface area contributed by atoms with Crippen LogP contribution >= 0.6 is 7.82 Å². The number of nitrogens with one attached hydrogen (secondary N) is 6. The van der Waals surface area contributed by atoms with Gasteiger partial charge in [-0.15, -0.1) is 0 Å². The first-order valence-electron chi connectivity index (χ1n) is 8.98. The van der Waals surface area contributed by atoms with Crippen molar-refractivity contribution >= 4 is 7.82 Å². The molecule has 0 aromatic heterocycles. The molecule has 13 nitrogen and oxygen atoms in total. The Morgan fingerprint density at radius 3 is 0.885 bits per heavy atom. The lowest BCUT2D eigenvalue weighted by atomic mass is 10.8. The van der Waals surface area contributed by atoms with E-state index in [-0.39, 0.29) is 0 Å². The van der Waals surface area contributed by atoms with Crippen molar-refractivity contribution in [2.45, 2.75) is 41.5 Å². The third kappa shape index (κ3) is 11.5. The summed E-state index contributed by atoms with van der Waals surface area (Å²) in [5.41, 5.74) is 17.2. The molecule has 0 aliphatic rings. The van der Waals surface area contributed by atoms with Crippen molar-refractivity contribution in [1.82, 2.24) is 48.4 Å². The van der Waals surface area contributed by atoms with Gasteiger partial charge in [-0.2, -0.15) is 13.9 Å². The van der Waals surface area contributed by atoms with Crippen LogP contribution in [0.5, 0.6) is 0 Å². The van der Waals surface area contributed by atoms with E-state index < -0.39 is 7.82 Å². The minimum atomic E-state index is -4.16. The summed E-state index contributed by atoms with van der Waals surface area (Å²) in [7, 11) is -4.16. The second-order valence-corrected chi connectivity index (χ2v) is 6.03. The molecule has 0 spiro atoms. The molecular weight excluding hydrogens is 365 g/mol. The molecule has 0 fully saturated rings. The summed E-state index contributed by atoms with van der Waals surface area (Å²) in [6.07, 6.45) is 0. The van der Waals surface area contributed by atoms with E-state index >= 15 is 0 Å². The van der Waals surface area contributed by atoms with Gasteiger partial charge in [0, 0.05) is 39.3 Å². The van der Waals surface area contributed by atoms with Gasteiger partial charge in [0.25, 0.3) is 0 Å². The van der Waals surface area contributed by atoms with E-state index in [0.717, 1.165) is 15.8 Å². The third-order valence-electron chi connectivity index (χ3n) is 2.36. The number of phosphoric acid groups is 1. The first-order valence-corrected chi connectivity index (χ1v) is 10.4. The van der Waals surface area contributed by atoms with Crippen molar-refractivity contribution in [3.8, 4) is 0 Å². The second kappa shape index (κ2) is 15.8. The fraction of sp³-hybridized carbons (Fsp3) is 1.00. The molecule has 0 aliphatic carbocycles. The van der Waals surface area contributed by atoms with Gasteiger partial charge in [-0.3, -0.25) is 0 Å². The molecule has 0 saturated carbocycles. The number of hydrogen-bond acceptors (Lipinski definition) is 13. The van der Waals surface area contributed by atoms with E-state index in [1.165, 1.54) is 0 Å².